The van der Waals surface area contributed by atoms with Gasteiger partial charge < -0.3 is 13.9 Å². The van der Waals surface area contributed by atoms with Crippen molar-refractivity contribution in [1.82, 2.24) is 4.90 Å². The molecule has 4 rings (SSSR count). The van der Waals surface area contributed by atoms with Crippen molar-refractivity contribution in [2.75, 3.05) is 13.2 Å². The summed E-state index contributed by atoms with van der Waals surface area (Å²) in [6, 6.07) is 21.9. The maximum absolute atomic E-state index is 7.38. The number of allylic oxidation sites excluding steroid dienone is 1. The molecule has 2 heterocycles. The summed E-state index contributed by atoms with van der Waals surface area (Å²) >= 11 is 0. The van der Waals surface area contributed by atoms with Gasteiger partial charge in [-0.3, -0.25) is 4.90 Å². The quantitative estimate of drug-likeness (QED) is 0.342. The van der Waals surface area contributed by atoms with Crippen molar-refractivity contribution in [3.05, 3.63) is 85.5 Å². The molecule has 0 bridgehead atoms. The normalized spacial score (nSPS) is 26.4. The summed E-state index contributed by atoms with van der Waals surface area (Å²) in [6.07, 6.45) is 7.22. The van der Waals surface area contributed by atoms with E-state index in [1.54, 1.807) is 0 Å². The Morgan fingerprint density at radius 2 is 1.53 bits per heavy atom. The van der Waals surface area contributed by atoms with E-state index in [0.29, 0.717) is 6.61 Å². The summed E-state index contributed by atoms with van der Waals surface area (Å²) in [5.74, 6) is -0.602. The minimum absolute atomic E-state index is 0.0197. The first-order valence-corrected chi connectivity index (χ1v) is 15.2. The third kappa shape index (κ3) is 5.05. The Kier molecular flexibility index (Phi) is 8.08. The second-order valence-electron chi connectivity index (χ2n) is 11.4. The Bertz CT molecular complexity index is 991. The molecule has 0 spiro atoms. The molecule has 2 aromatic carbocycles. The van der Waals surface area contributed by atoms with Crippen LogP contribution in [0.25, 0.3) is 0 Å². The predicted octanol–water partition coefficient (Wildman–Crippen LogP) is 5.29. The SMILES string of the molecule is C=CCCN1[C@H](CO[Si](c2ccccc2)(c2ccccc2)C(C)(C)C)[C@H]2OC(C)(C)O[C@H]2[C@@H]1/C=C/C. The molecule has 5 heteroatoms. The highest BCUT2D eigenvalue weighted by Crippen LogP contribution is 2.43. The van der Waals surface area contributed by atoms with Crippen LogP contribution in [0, 0.1) is 0 Å². The molecule has 2 aliphatic rings. The second kappa shape index (κ2) is 10.8. The maximum Gasteiger partial charge on any atom is 0.261 e. The molecule has 0 radical (unpaired) electrons. The smallest absolute Gasteiger partial charge is 0.261 e. The summed E-state index contributed by atoms with van der Waals surface area (Å²) in [5, 5.41) is 2.52. The van der Waals surface area contributed by atoms with Gasteiger partial charge in [0.1, 0.15) is 12.2 Å². The molecule has 0 amide bonds. The topological polar surface area (TPSA) is 30.9 Å². The van der Waals surface area contributed by atoms with Crippen LogP contribution in [-0.2, 0) is 13.9 Å². The van der Waals surface area contributed by atoms with Crippen LogP contribution in [0.15, 0.2) is 85.5 Å². The summed E-state index contributed by atoms with van der Waals surface area (Å²) in [4.78, 5) is 2.52. The van der Waals surface area contributed by atoms with Crippen LogP contribution >= 0.6 is 0 Å². The Morgan fingerprint density at radius 1 is 0.972 bits per heavy atom. The first-order valence-electron chi connectivity index (χ1n) is 13.2. The summed E-state index contributed by atoms with van der Waals surface area (Å²) in [7, 11) is -2.66. The molecule has 0 aliphatic carbocycles. The van der Waals surface area contributed by atoms with Gasteiger partial charge in [0.25, 0.3) is 8.32 Å². The van der Waals surface area contributed by atoms with Gasteiger partial charge in [0.05, 0.1) is 18.7 Å². The molecule has 4 atom stereocenters. The van der Waals surface area contributed by atoms with Crippen molar-refractivity contribution in [2.24, 2.45) is 0 Å². The number of nitrogens with zero attached hydrogens (tertiary/aromatic N) is 1. The second-order valence-corrected chi connectivity index (χ2v) is 15.7. The summed E-state index contributed by atoms with van der Waals surface area (Å²) < 4.78 is 20.4. The van der Waals surface area contributed by atoms with Crippen molar-refractivity contribution in [3.63, 3.8) is 0 Å². The highest BCUT2D eigenvalue weighted by Gasteiger charge is 2.58. The van der Waals surface area contributed by atoms with Crippen LogP contribution in [0.1, 0.15) is 48.0 Å². The van der Waals surface area contributed by atoms with Gasteiger partial charge >= 0.3 is 0 Å². The standard InChI is InChI=1S/C31H43NO3Si/c1-8-10-22-32-26(17-9-2)28-29(35-31(6,7)34-28)27(32)23-33-36(30(3,4)5,24-18-13-11-14-19-24)25-20-15-12-16-21-25/h8-9,11-21,26-29H,1,10,22-23H2,2-7H3/b17-9+/t26-,27+,28-,29+/m0/s1. The highest BCUT2D eigenvalue weighted by molar-refractivity contribution is 6.99. The molecule has 0 aromatic heterocycles. The van der Waals surface area contributed by atoms with E-state index < -0.39 is 14.1 Å². The van der Waals surface area contributed by atoms with Gasteiger partial charge in [-0.2, -0.15) is 0 Å². The van der Waals surface area contributed by atoms with Gasteiger partial charge in [-0.05, 0) is 42.6 Å². The molecule has 194 valence electrons. The molecule has 0 N–H and O–H groups in total. The van der Waals surface area contributed by atoms with Gasteiger partial charge in [0, 0.05) is 6.54 Å². The van der Waals surface area contributed by atoms with Crippen molar-refractivity contribution in [3.8, 4) is 0 Å². The van der Waals surface area contributed by atoms with Crippen LogP contribution in [0.5, 0.6) is 0 Å². The molecular weight excluding hydrogens is 462 g/mol. The summed E-state index contributed by atoms with van der Waals surface area (Å²) in [6.45, 7) is 18.6. The third-order valence-corrected chi connectivity index (χ3v) is 12.6. The highest BCUT2D eigenvalue weighted by atomic mass is 28.4. The minimum Gasteiger partial charge on any atom is -0.406 e. The van der Waals surface area contributed by atoms with Gasteiger partial charge in [0.15, 0.2) is 5.79 Å². The lowest BCUT2D eigenvalue weighted by Gasteiger charge is -2.44. The lowest BCUT2D eigenvalue weighted by molar-refractivity contribution is -0.166. The Labute approximate surface area is 219 Å². The van der Waals surface area contributed by atoms with E-state index in [1.165, 1.54) is 10.4 Å². The largest absolute Gasteiger partial charge is 0.406 e. The van der Waals surface area contributed by atoms with Crippen molar-refractivity contribution in [2.45, 2.75) is 83.1 Å². The first kappa shape index (κ1) is 27.0. The van der Waals surface area contributed by atoms with Gasteiger partial charge in [-0.15, -0.1) is 6.58 Å². The van der Waals surface area contributed by atoms with E-state index in [9.17, 15) is 0 Å². The van der Waals surface area contributed by atoms with Crippen LogP contribution in [0.4, 0.5) is 0 Å². The average Bonchev–Trinajstić information content (AvgIpc) is 3.29. The number of ether oxygens (including phenoxy) is 2. The van der Waals surface area contributed by atoms with Crippen molar-refractivity contribution >= 4 is 18.7 Å². The fourth-order valence-corrected chi connectivity index (χ4v) is 10.7. The Balaban J connectivity index is 1.76. The van der Waals surface area contributed by atoms with Gasteiger partial charge in [0.2, 0.25) is 0 Å². The summed E-state index contributed by atoms with van der Waals surface area (Å²) in [5.41, 5.74) is 0. The van der Waals surface area contributed by atoms with Crippen LogP contribution in [-0.4, -0.2) is 56.4 Å². The monoisotopic (exact) mass is 505 g/mol. The number of likely N-dealkylation sites (tertiary alicyclic amines) is 1. The van der Waals surface area contributed by atoms with E-state index in [0.717, 1.165) is 13.0 Å². The Hall–Kier alpha value is -2.02. The average molecular weight is 506 g/mol. The van der Waals surface area contributed by atoms with E-state index in [4.69, 9.17) is 13.9 Å². The molecular formula is C31H43NO3Si. The number of fused-ring (bicyclic) bond motifs is 1. The maximum atomic E-state index is 7.38. The Morgan fingerprint density at radius 3 is 2.03 bits per heavy atom. The van der Waals surface area contributed by atoms with Crippen molar-refractivity contribution < 1.29 is 13.9 Å². The molecule has 2 aliphatic heterocycles. The van der Waals surface area contributed by atoms with Crippen LogP contribution < -0.4 is 10.4 Å². The number of hydrogen-bond donors (Lipinski definition) is 0. The fourth-order valence-electron chi connectivity index (χ4n) is 6.11. The number of rotatable bonds is 9. The van der Waals surface area contributed by atoms with Gasteiger partial charge in [-0.1, -0.05) is 99.7 Å². The molecule has 4 nitrogen and oxygen atoms in total. The first-order chi connectivity index (χ1) is 17.1. The zero-order valence-corrected chi connectivity index (χ0v) is 23.8. The minimum atomic E-state index is -2.66. The zero-order valence-electron chi connectivity index (χ0n) is 22.8. The van der Waals surface area contributed by atoms with E-state index >= 15 is 0 Å². The van der Waals surface area contributed by atoms with Gasteiger partial charge in [-0.25, -0.2) is 0 Å². The molecule has 0 saturated carbocycles. The van der Waals surface area contributed by atoms with Crippen LogP contribution in [0.3, 0.4) is 0 Å². The van der Waals surface area contributed by atoms with Crippen molar-refractivity contribution in [1.29, 1.82) is 0 Å². The number of benzene rings is 2. The molecule has 0 unspecified atom stereocenters. The predicted molar refractivity (Wildman–Crippen MR) is 151 cm³/mol. The van der Waals surface area contributed by atoms with E-state index in [-0.39, 0.29) is 29.3 Å². The number of hydrogen-bond acceptors (Lipinski definition) is 4. The zero-order chi connectivity index (χ0) is 26.0. The lowest BCUT2D eigenvalue weighted by atomic mass is 10.1. The third-order valence-electron chi connectivity index (χ3n) is 7.56. The van der Waals surface area contributed by atoms with Crippen LogP contribution in [0.2, 0.25) is 5.04 Å². The van der Waals surface area contributed by atoms with E-state index in [2.05, 4.69) is 112 Å². The lowest BCUT2D eigenvalue weighted by Crippen LogP contribution is -2.67. The molecule has 2 saturated heterocycles. The molecule has 2 fully saturated rings. The molecule has 2 aromatic rings. The van der Waals surface area contributed by atoms with E-state index in [1.807, 2.05) is 19.9 Å². The molecule has 36 heavy (non-hydrogen) atoms. The fraction of sp³-hybridized carbons (Fsp3) is 0.484.